The second-order valence-corrected chi connectivity index (χ2v) is 7.23. The molecule has 0 bridgehead atoms. The summed E-state index contributed by atoms with van der Waals surface area (Å²) in [6.07, 6.45) is 2.62. The average molecular weight is 397 g/mol. The molecule has 0 aliphatic carbocycles. The van der Waals surface area contributed by atoms with Crippen molar-refractivity contribution in [3.05, 3.63) is 66.5 Å². The molecule has 0 fully saturated rings. The van der Waals surface area contributed by atoms with Gasteiger partial charge in [-0.15, -0.1) is 10.2 Å². The third kappa shape index (κ3) is 5.13. The molecule has 3 rings (SSSR count). The molecule has 1 amide bonds. The highest BCUT2D eigenvalue weighted by atomic mass is 32.2. The molecular weight excluding hydrogens is 372 g/mol. The van der Waals surface area contributed by atoms with E-state index in [0.717, 1.165) is 17.9 Å². The van der Waals surface area contributed by atoms with E-state index in [1.54, 1.807) is 13.4 Å². The molecule has 3 aromatic rings. The first-order valence-electron chi connectivity index (χ1n) is 9.20. The van der Waals surface area contributed by atoms with Gasteiger partial charge in [-0.3, -0.25) is 9.36 Å². The minimum absolute atomic E-state index is 0.0105. The van der Waals surface area contributed by atoms with Gasteiger partial charge in [-0.25, -0.2) is 0 Å². The van der Waals surface area contributed by atoms with Gasteiger partial charge >= 0.3 is 0 Å². The molecule has 6 nitrogen and oxygen atoms in total. The number of methoxy groups -OCH3 is 1. The minimum atomic E-state index is -0.0105. The number of nitrogens with zero attached hydrogens (tertiary/aromatic N) is 3. The van der Waals surface area contributed by atoms with Gasteiger partial charge in [-0.05, 0) is 36.2 Å². The van der Waals surface area contributed by atoms with Crippen LogP contribution in [0.4, 0.5) is 0 Å². The van der Waals surface area contributed by atoms with Crippen molar-refractivity contribution in [3.8, 4) is 11.4 Å². The van der Waals surface area contributed by atoms with Crippen LogP contribution in [0.25, 0.3) is 5.69 Å². The first-order valence-corrected chi connectivity index (χ1v) is 10.2. The number of carbonyl (C=O) groups is 1. The number of aromatic nitrogens is 3. The predicted molar refractivity (Wildman–Crippen MR) is 111 cm³/mol. The minimum Gasteiger partial charge on any atom is -0.497 e. The fourth-order valence-corrected chi connectivity index (χ4v) is 3.64. The molecule has 1 atom stereocenters. The summed E-state index contributed by atoms with van der Waals surface area (Å²) in [5.74, 6) is 1.39. The highest BCUT2D eigenvalue weighted by Crippen LogP contribution is 2.22. The lowest BCUT2D eigenvalue weighted by Gasteiger charge is -2.16. The van der Waals surface area contributed by atoms with E-state index < -0.39 is 0 Å². The fraction of sp³-hybridized carbons (Fsp3) is 0.286. The molecule has 28 heavy (non-hydrogen) atoms. The average Bonchev–Trinajstić information content (AvgIpc) is 3.22. The second kappa shape index (κ2) is 9.94. The topological polar surface area (TPSA) is 69.0 Å². The van der Waals surface area contributed by atoms with E-state index in [9.17, 15) is 4.79 Å². The largest absolute Gasteiger partial charge is 0.497 e. The van der Waals surface area contributed by atoms with Crippen LogP contribution in [0.5, 0.6) is 5.75 Å². The van der Waals surface area contributed by atoms with Crippen molar-refractivity contribution >= 4 is 17.7 Å². The number of thioether (sulfide) groups is 1. The van der Waals surface area contributed by atoms with Gasteiger partial charge in [0.15, 0.2) is 5.16 Å². The Bertz CT molecular complexity index is 881. The van der Waals surface area contributed by atoms with E-state index in [-0.39, 0.29) is 5.91 Å². The first kappa shape index (κ1) is 19.9. The zero-order chi connectivity index (χ0) is 19.8. The van der Waals surface area contributed by atoms with Crippen molar-refractivity contribution in [1.29, 1.82) is 0 Å². The Kier molecular flexibility index (Phi) is 7.08. The monoisotopic (exact) mass is 396 g/mol. The van der Waals surface area contributed by atoms with Crippen molar-refractivity contribution in [2.24, 2.45) is 0 Å². The van der Waals surface area contributed by atoms with Crippen molar-refractivity contribution in [2.75, 3.05) is 19.4 Å². The summed E-state index contributed by atoms with van der Waals surface area (Å²) < 4.78 is 7.04. The quantitative estimate of drug-likeness (QED) is 0.559. The van der Waals surface area contributed by atoms with E-state index in [4.69, 9.17) is 4.74 Å². The van der Waals surface area contributed by atoms with Gasteiger partial charge < -0.3 is 10.1 Å². The van der Waals surface area contributed by atoms with Crippen molar-refractivity contribution in [3.63, 3.8) is 0 Å². The zero-order valence-corrected chi connectivity index (χ0v) is 16.9. The molecule has 0 aliphatic rings. The van der Waals surface area contributed by atoms with Crippen LogP contribution >= 0.6 is 11.8 Å². The maximum atomic E-state index is 12.3. The summed E-state index contributed by atoms with van der Waals surface area (Å²) in [4.78, 5) is 12.3. The van der Waals surface area contributed by atoms with Crippen LogP contribution in [0.2, 0.25) is 0 Å². The van der Waals surface area contributed by atoms with Crippen LogP contribution in [0.15, 0.2) is 66.1 Å². The van der Waals surface area contributed by atoms with Gasteiger partial charge in [-0.1, -0.05) is 49.0 Å². The van der Waals surface area contributed by atoms with Gasteiger partial charge in [0, 0.05) is 18.2 Å². The summed E-state index contributed by atoms with van der Waals surface area (Å²) in [5, 5.41) is 11.8. The second-order valence-electron chi connectivity index (χ2n) is 6.29. The maximum Gasteiger partial charge on any atom is 0.230 e. The Hall–Kier alpha value is -2.80. The van der Waals surface area contributed by atoms with Crippen molar-refractivity contribution in [2.45, 2.75) is 24.4 Å². The van der Waals surface area contributed by atoms with Crippen molar-refractivity contribution < 1.29 is 9.53 Å². The van der Waals surface area contributed by atoms with Gasteiger partial charge in [0.25, 0.3) is 0 Å². The number of rotatable bonds is 9. The Morgan fingerprint density at radius 1 is 1.18 bits per heavy atom. The number of nitrogens with one attached hydrogen (secondary N) is 1. The van der Waals surface area contributed by atoms with Crippen LogP contribution < -0.4 is 10.1 Å². The van der Waals surface area contributed by atoms with E-state index in [1.165, 1.54) is 17.3 Å². The maximum absolute atomic E-state index is 12.3. The molecule has 1 aromatic heterocycles. The SMILES string of the molecule is CCC(CNC(=O)CSc1nncn1-c1ccc(OC)cc1)c1ccccc1. The molecule has 1 unspecified atom stereocenters. The standard InChI is InChI=1S/C21H24N4O2S/c1-3-16(17-7-5-4-6-8-17)13-22-20(26)14-28-21-24-23-15-25(21)18-9-11-19(27-2)12-10-18/h4-12,15-16H,3,13-14H2,1-2H3,(H,22,26). The number of ether oxygens (including phenoxy) is 1. The number of benzene rings is 2. The molecule has 146 valence electrons. The van der Waals surface area contributed by atoms with E-state index in [0.29, 0.717) is 23.4 Å². The number of hydrogen-bond acceptors (Lipinski definition) is 5. The van der Waals surface area contributed by atoms with Crippen LogP contribution in [0.1, 0.15) is 24.8 Å². The molecule has 0 saturated heterocycles. The first-order chi connectivity index (χ1) is 13.7. The van der Waals surface area contributed by atoms with Crippen LogP contribution in [0, 0.1) is 0 Å². The van der Waals surface area contributed by atoms with Gasteiger partial charge in [0.05, 0.1) is 12.9 Å². The van der Waals surface area contributed by atoms with Crippen LogP contribution in [0.3, 0.4) is 0 Å². The number of carbonyl (C=O) groups excluding carboxylic acids is 1. The van der Waals surface area contributed by atoms with Crippen molar-refractivity contribution in [1.82, 2.24) is 20.1 Å². The van der Waals surface area contributed by atoms with E-state index in [2.05, 4.69) is 34.6 Å². The zero-order valence-electron chi connectivity index (χ0n) is 16.0. The lowest BCUT2D eigenvalue weighted by atomic mass is 9.96. The molecular formula is C21H24N4O2S. The Morgan fingerprint density at radius 3 is 2.61 bits per heavy atom. The highest BCUT2D eigenvalue weighted by molar-refractivity contribution is 7.99. The highest BCUT2D eigenvalue weighted by Gasteiger charge is 2.13. The lowest BCUT2D eigenvalue weighted by Crippen LogP contribution is -2.29. The summed E-state index contributed by atoms with van der Waals surface area (Å²) in [7, 11) is 1.63. The van der Waals surface area contributed by atoms with Gasteiger partial charge in [0.1, 0.15) is 12.1 Å². The van der Waals surface area contributed by atoms with E-state index in [1.807, 2.05) is 47.0 Å². The van der Waals surface area contributed by atoms with Gasteiger partial charge in [-0.2, -0.15) is 0 Å². The third-order valence-corrected chi connectivity index (χ3v) is 5.45. The predicted octanol–water partition coefficient (Wildman–Crippen LogP) is 3.68. The van der Waals surface area contributed by atoms with Crippen LogP contribution in [-0.4, -0.2) is 40.1 Å². The van der Waals surface area contributed by atoms with E-state index >= 15 is 0 Å². The molecule has 0 aliphatic heterocycles. The van der Waals surface area contributed by atoms with Gasteiger partial charge in [0.2, 0.25) is 5.91 Å². The number of hydrogen-bond donors (Lipinski definition) is 1. The lowest BCUT2D eigenvalue weighted by molar-refractivity contribution is -0.118. The summed E-state index contributed by atoms with van der Waals surface area (Å²) in [6.45, 7) is 2.76. The molecule has 0 saturated carbocycles. The summed E-state index contributed by atoms with van der Waals surface area (Å²) >= 11 is 1.37. The molecule has 0 spiro atoms. The fourth-order valence-electron chi connectivity index (χ4n) is 2.88. The number of amides is 1. The summed E-state index contributed by atoms with van der Waals surface area (Å²) in [5.41, 5.74) is 2.17. The summed E-state index contributed by atoms with van der Waals surface area (Å²) in [6, 6.07) is 17.9. The Labute approximate surface area is 169 Å². The Morgan fingerprint density at radius 2 is 1.93 bits per heavy atom. The normalized spacial score (nSPS) is 11.8. The molecule has 1 N–H and O–H groups in total. The third-order valence-electron chi connectivity index (χ3n) is 4.51. The molecule has 1 heterocycles. The Balaban J connectivity index is 1.54. The molecule has 0 radical (unpaired) electrons. The molecule has 2 aromatic carbocycles. The smallest absolute Gasteiger partial charge is 0.230 e. The molecule has 7 heteroatoms. The van der Waals surface area contributed by atoms with Crippen LogP contribution in [-0.2, 0) is 4.79 Å².